The smallest absolute Gasteiger partial charge is 0.247 e. The van der Waals surface area contributed by atoms with E-state index < -0.39 is 5.91 Å². The third-order valence-corrected chi connectivity index (χ3v) is 5.07. The fourth-order valence-corrected chi connectivity index (χ4v) is 3.43. The number of carbonyl (C=O) groups is 2. The van der Waals surface area contributed by atoms with E-state index in [0.717, 1.165) is 49.8 Å². The monoisotopic (exact) mass is 441 g/mol. The Morgan fingerprint density at radius 2 is 1.47 bits per heavy atom. The Hall–Kier alpha value is -2.54. The topological polar surface area (TPSA) is 84.9 Å². The molecular weight excluding hydrogens is 406 g/mol. The van der Waals surface area contributed by atoms with Crippen LogP contribution in [0.25, 0.3) is 0 Å². The lowest BCUT2D eigenvalue weighted by atomic mass is 10.00. The zero-order valence-corrected chi connectivity index (χ0v) is 19.0. The molecule has 0 unspecified atom stereocenters. The number of ketones is 1. The summed E-state index contributed by atoms with van der Waals surface area (Å²) in [7, 11) is 0. The van der Waals surface area contributed by atoms with Crippen LogP contribution in [0.4, 0.5) is 0 Å². The first-order valence-electron chi connectivity index (χ1n) is 11.4. The highest BCUT2D eigenvalue weighted by molar-refractivity contribution is 5.82. The SMILES string of the molecule is CCCOCCOCC(=O)Cc1cccc(CCCCc2ccc(CC(=O)NO)cc2)c1. The number of rotatable bonds is 16. The molecule has 2 aromatic carbocycles. The van der Waals surface area contributed by atoms with E-state index in [1.807, 2.05) is 36.4 Å². The van der Waals surface area contributed by atoms with E-state index in [-0.39, 0.29) is 18.8 Å². The van der Waals surface area contributed by atoms with Gasteiger partial charge < -0.3 is 9.47 Å². The molecule has 0 aliphatic heterocycles. The summed E-state index contributed by atoms with van der Waals surface area (Å²) >= 11 is 0. The first kappa shape index (κ1) is 25.7. The molecule has 0 fully saturated rings. The van der Waals surface area contributed by atoms with Crippen LogP contribution in [0.2, 0.25) is 0 Å². The summed E-state index contributed by atoms with van der Waals surface area (Å²) in [6.07, 6.45) is 5.63. The number of carbonyl (C=O) groups excluding carboxylic acids is 2. The van der Waals surface area contributed by atoms with Gasteiger partial charge in [-0.05, 0) is 54.4 Å². The van der Waals surface area contributed by atoms with Gasteiger partial charge in [0, 0.05) is 13.0 Å². The molecule has 32 heavy (non-hydrogen) atoms. The van der Waals surface area contributed by atoms with Crippen molar-refractivity contribution < 1.29 is 24.3 Å². The number of nitrogens with one attached hydrogen (secondary N) is 1. The molecule has 2 aromatic rings. The molecule has 0 aliphatic carbocycles. The highest BCUT2D eigenvalue weighted by atomic mass is 16.5. The molecule has 0 atom stereocenters. The summed E-state index contributed by atoms with van der Waals surface area (Å²) < 4.78 is 10.7. The van der Waals surface area contributed by atoms with Crippen LogP contribution >= 0.6 is 0 Å². The molecule has 6 nitrogen and oxygen atoms in total. The van der Waals surface area contributed by atoms with Gasteiger partial charge in [0.15, 0.2) is 5.78 Å². The Bertz CT molecular complexity index is 819. The zero-order valence-electron chi connectivity index (χ0n) is 19.0. The van der Waals surface area contributed by atoms with Gasteiger partial charge in [0.2, 0.25) is 5.91 Å². The van der Waals surface area contributed by atoms with E-state index >= 15 is 0 Å². The van der Waals surface area contributed by atoms with Crippen molar-refractivity contribution in [3.8, 4) is 0 Å². The molecule has 1 amide bonds. The van der Waals surface area contributed by atoms with Crippen LogP contribution in [-0.2, 0) is 44.7 Å². The van der Waals surface area contributed by atoms with E-state index in [0.29, 0.717) is 19.6 Å². The Kier molecular flexibility index (Phi) is 12.3. The average Bonchev–Trinajstić information content (AvgIpc) is 2.80. The predicted molar refractivity (Wildman–Crippen MR) is 124 cm³/mol. The Morgan fingerprint density at radius 1 is 0.812 bits per heavy atom. The third-order valence-electron chi connectivity index (χ3n) is 5.07. The second-order valence-corrected chi connectivity index (χ2v) is 7.94. The minimum absolute atomic E-state index is 0.0811. The fourth-order valence-electron chi connectivity index (χ4n) is 3.43. The van der Waals surface area contributed by atoms with Crippen molar-refractivity contribution in [2.75, 3.05) is 26.4 Å². The van der Waals surface area contributed by atoms with Gasteiger partial charge in [-0.3, -0.25) is 14.8 Å². The highest BCUT2D eigenvalue weighted by Crippen LogP contribution is 2.13. The number of aryl methyl sites for hydroxylation is 2. The Morgan fingerprint density at radius 3 is 2.19 bits per heavy atom. The van der Waals surface area contributed by atoms with Crippen molar-refractivity contribution in [1.82, 2.24) is 5.48 Å². The van der Waals surface area contributed by atoms with Crippen LogP contribution in [0.5, 0.6) is 0 Å². The molecule has 2 N–H and O–H groups in total. The van der Waals surface area contributed by atoms with E-state index in [4.69, 9.17) is 14.7 Å². The van der Waals surface area contributed by atoms with Crippen molar-refractivity contribution in [1.29, 1.82) is 0 Å². The standard InChI is InChI=1S/C26H35NO5/c1-2-14-31-15-16-32-20-25(28)18-24-9-5-8-22(17-24)7-4-3-6-21-10-12-23(13-11-21)19-26(29)27-30/h5,8-13,17,30H,2-4,6-7,14-16,18-20H2,1H3,(H,27,29). The van der Waals surface area contributed by atoms with Gasteiger partial charge in [0.1, 0.15) is 6.61 Å². The lowest BCUT2D eigenvalue weighted by Gasteiger charge is -2.07. The molecule has 174 valence electrons. The lowest BCUT2D eigenvalue weighted by molar-refractivity contribution is -0.128. The van der Waals surface area contributed by atoms with Crippen molar-refractivity contribution in [2.45, 2.75) is 51.9 Å². The van der Waals surface area contributed by atoms with Gasteiger partial charge in [0.25, 0.3) is 0 Å². The molecule has 6 heteroatoms. The summed E-state index contributed by atoms with van der Waals surface area (Å²) in [4.78, 5) is 23.3. The van der Waals surface area contributed by atoms with Crippen LogP contribution in [0.3, 0.4) is 0 Å². The van der Waals surface area contributed by atoms with Gasteiger partial charge in [-0.25, -0.2) is 5.48 Å². The van der Waals surface area contributed by atoms with Crippen LogP contribution in [0.1, 0.15) is 48.4 Å². The predicted octanol–water partition coefficient (Wildman–Crippen LogP) is 3.85. The maximum atomic E-state index is 12.1. The highest BCUT2D eigenvalue weighted by Gasteiger charge is 2.06. The van der Waals surface area contributed by atoms with Gasteiger partial charge in [-0.1, -0.05) is 55.5 Å². The van der Waals surface area contributed by atoms with Gasteiger partial charge in [-0.2, -0.15) is 0 Å². The molecule has 2 rings (SSSR count). The van der Waals surface area contributed by atoms with Gasteiger partial charge in [-0.15, -0.1) is 0 Å². The second-order valence-electron chi connectivity index (χ2n) is 7.94. The van der Waals surface area contributed by atoms with Crippen molar-refractivity contribution in [2.24, 2.45) is 0 Å². The van der Waals surface area contributed by atoms with E-state index in [2.05, 4.69) is 19.1 Å². The Balaban J connectivity index is 1.66. The van der Waals surface area contributed by atoms with Crippen LogP contribution < -0.4 is 5.48 Å². The number of Topliss-reactive ketones (excluding diaryl/α,β-unsaturated/α-hetero) is 1. The molecule has 0 heterocycles. The van der Waals surface area contributed by atoms with E-state index in [1.165, 1.54) is 11.1 Å². The molecule has 0 bridgehead atoms. The maximum absolute atomic E-state index is 12.1. The first-order chi connectivity index (χ1) is 15.6. The fraction of sp³-hybridized carbons (Fsp3) is 0.462. The normalized spacial score (nSPS) is 10.8. The molecule has 0 spiro atoms. The molecule has 0 aliphatic rings. The number of amides is 1. The quantitative estimate of drug-likeness (QED) is 0.235. The lowest BCUT2D eigenvalue weighted by Crippen LogP contribution is -2.20. The van der Waals surface area contributed by atoms with Gasteiger partial charge in [0.05, 0.1) is 19.6 Å². The average molecular weight is 442 g/mol. The van der Waals surface area contributed by atoms with Crippen LogP contribution in [0.15, 0.2) is 48.5 Å². The number of hydrogen-bond donors (Lipinski definition) is 2. The number of hydrogen-bond acceptors (Lipinski definition) is 5. The van der Waals surface area contributed by atoms with Gasteiger partial charge >= 0.3 is 0 Å². The van der Waals surface area contributed by atoms with Crippen molar-refractivity contribution in [3.05, 3.63) is 70.8 Å². The van der Waals surface area contributed by atoms with E-state index in [1.54, 1.807) is 5.48 Å². The number of benzene rings is 2. The van der Waals surface area contributed by atoms with Crippen LogP contribution in [-0.4, -0.2) is 43.3 Å². The first-order valence-corrected chi connectivity index (χ1v) is 11.4. The molecule has 0 radical (unpaired) electrons. The largest absolute Gasteiger partial charge is 0.379 e. The second kappa shape index (κ2) is 15.3. The summed E-state index contributed by atoms with van der Waals surface area (Å²) in [5, 5.41) is 8.59. The van der Waals surface area contributed by atoms with Crippen molar-refractivity contribution >= 4 is 11.7 Å². The van der Waals surface area contributed by atoms with Crippen LogP contribution in [0, 0.1) is 0 Å². The molecule has 0 aromatic heterocycles. The number of ether oxygens (including phenoxy) is 2. The molecular formula is C26H35NO5. The number of hydroxylamine groups is 1. The minimum Gasteiger partial charge on any atom is -0.379 e. The summed E-state index contributed by atoms with van der Waals surface area (Å²) in [5.41, 5.74) is 6.03. The summed E-state index contributed by atoms with van der Waals surface area (Å²) in [6.45, 7) is 3.89. The number of unbranched alkanes of at least 4 members (excludes halogenated alkanes) is 1. The maximum Gasteiger partial charge on any atom is 0.247 e. The third kappa shape index (κ3) is 10.7. The molecule has 0 saturated carbocycles. The minimum atomic E-state index is -0.411. The summed E-state index contributed by atoms with van der Waals surface area (Å²) in [6, 6.07) is 16.1. The summed E-state index contributed by atoms with van der Waals surface area (Å²) in [5.74, 6) is -0.330. The molecule has 0 saturated heterocycles. The van der Waals surface area contributed by atoms with E-state index in [9.17, 15) is 9.59 Å². The Labute approximate surface area is 190 Å². The van der Waals surface area contributed by atoms with Crippen molar-refractivity contribution in [3.63, 3.8) is 0 Å². The zero-order chi connectivity index (χ0) is 23.0.